The smallest absolute Gasteiger partial charge is 0.161 e. The van der Waals surface area contributed by atoms with Crippen LogP contribution in [-0.2, 0) is 16.1 Å². The number of rotatable bonds is 3. The lowest BCUT2D eigenvalue weighted by molar-refractivity contribution is -0.117. The zero-order valence-electron chi connectivity index (χ0n) is 17.2. The number of halogens is 1. The Labute approximate surface area is 186 Å². The molecule has 0 bridgehead atoms. The number of aromatic hydroxyl groups is 1. The molecule has 0 fully saturated rings. The number of hydrogen-bond acceptors (Lipinski definition) is 4. The van der Waals surface area contributed by atoms with Gasteiger partial charge in [0.05, 0.1) is 5.02 Å². The topological polar surface area (TPSA) is 57.6 Å². The highest BCUT2D eigenvalue weighted by Gasteiger charge is 2.43. The van der Waals surface area contributed by atoms with Crippen LogP contribution in [0.5, 0.6) is 5.75 Å². The summed E-state index contributed by atoms with van der Waals surface area (Å²) in [6.45, 7) is 0.655. The zero-order valence-corrected chi connectivity index (χ0v) is 18.0. The molecule has 0 saturated carbocycles. The third kappa shape index (κ3) is 3.49. The molecule has 0 spiro atoms. The lowest BCUT2D eigenvalue weighted by Crippen LogP contribution is -2.38. The summed E-state index contributed by atoms with van der Waals surface area (Å²) in [7, 11) is 0. The van der Waals surface area contributed by atoms with E-state index in [-0.39, 0.29) is 22.3 Å². The molecule has 0 unspecified atom stereocenters. The van der Waals surface area contributed by atoms with E-state index in [0.717, 1.165) is 59.4 Å². The van der Waals surface area contributed by atoms with Crippen molar-refractivity contribution in [3.63, 3.8) is 0 Å². The van der Waals surface area contributed by atoms with Crippen LogP contribution in [0.1, 0.15) is 55.6 Å². The molecule has 0 atom stereocenters. The van der Waals surface area contributed by atoms with Gasteiger partial charge in [0.15, 0.2) is 11.6 Å². The summed E-state index contributed by atoms with van der Waals surface area (Å²) < 4.78 is 0. The van der Waals surface area contributed by atoms with Crippen molar-refractivity contribution in [1.29, 1.82) is 0 Å². The van der Waals surface area contributed by atoms with E-state index >= 15 is 0 Å². The number of hydrogen-bond donors (Lipinski definition) is 1. The first-order valence-electron chi connectivity index (χ1n) is 10.9. The van der Waals surface area contributed by atoms with E-state index in [9.17, 15) is 14.7 Å². The molecule has 4 nitrogen and oxygen atoms in total. The van der Waals surface area contributed by atoms with Crippen molar-refractivity contribution in [3.8, 4) is 5.75 Å². The summed E-state index contributed by atoms with van der Waals surface area (Å²) in [5.41, 5.74) is 5.51. The van der Waals surface area contributed by atoms with Gasteiger partial charge in [-0.3, -0.25) is 9.59 Å². The van der Waals surface area contributed by atoms with Gasteiger partial charge in [0, 0.05) is 47.8 Å². The maximum atomic E-state index is 13.2. The standard InChI is InChI=1S/C26H24ClNO3/c27-18-14-17(12-13-21(18)29)24-25-19(8-4-10-22(25)30)28(15-16-6-2-1-3-7-16)20-9-5-11-23(31)26(20)24/h1-3,6-7,12-14,24,29H,4-5,8-11,15H2. The Morgan fingerprint density at radius 3 is 2.06 bits per heavy atom. The number of nitrogens with zero attached hydrogens (tertiary/aromatic N) is 1. The molecular weight excluding hydrogens is 410 g/mol. The molecule has 0 radical (unpaired) electrons. The van der Waals surface area contributed by atoms with Gasteiger partial charge >= 0.3 is 0 Å². The lowest BCUT2D eigenvalue weighted by Gasteiger charge is -2.44. The fourth-order valence-electron chi connectivity index (χ4n) is 5.21. The van der Waals surface area contributed by atoms with E-state index in [1.54, 1.807) is 18.2 Å². The molecule has 2 aromatic rings. The minimum absolute atomic E-state index is 0.000257. The average molecular weight is 434 g/mol. The SMILES string of the molecule is O=C1CCCC2=C1C(c1ccc(O)c(Cl)c1)C1=C(CCCC1=O)N2Cc1ccccc1. The molecule has 158 valence electrons. The molecule has 1 aliphatic heterocycles. The summed E-state index contributed by atoms with van der Waals surface area (Å²) in [6, 6.07) is 15.2. The summed E-state index contributed by atoms with van der Waals surface area (Å²) in [5, 5.41) is 10.2. The molecule has 0 saturated heterocycles. The average Bonchev–Trinajstić information content (AvgIpc) is 2.77. The van der Waals surface area contributed by atoms with Gasteiger partial charge in [-0.15, -0.1) is 0 Å². The summed E-state index contributed by atoms with van der Waals surface area (Å²) in [4.78, 5) is 28.7. The summed E-state index contributed by atoms with van der Waals surface area (Å²) in [5.74, 6) is -0.187. The molecule has 3 aliphatic rings. The van der Waals surface area contributed by atoms with E-state index < -0.39 is 5.92 Å². The number of ketones is 2. The minimum Gasteiger partial charge on any atom is -0.506 e. The van der Waals surface area contributed by atoms with Gasteiger partial charge in [0.1, 0.15) is 5.75 Å². The fraction of sp³-hybridized carbons (Fsp3) is 0.308. The molecule has 5 rings (SSSR count). The number of Topliss-reactive ketones (excluding diaryl/α,β-unsaturated/α-hetero) is 2. The van der Waals surface area contributed by atoms with Crippen molar-refractivity contribution in [2.45, 2.75) is 51.0 Å². The fourth-order valence-corrected chi connectivity index (χ4v) is 5.40. The Bertz CT molecular complexity index is 1090. The second-order valence-corrected chi connectivity index (χ2v) is 8.90. The quantitative estimate of drug-likeness (QED) is 0.678. The number of carbonyl (C=O) groups excluding carboxylic acids is 2. The van der Waals surface area contributed by atoms with Crippen molar-refractivity contribution >= 4 is 23.2 Å². The van der Waals surface area contributed by atoms with Crippen LogP contribution in [0.3, 0.4) is 0 Å². The van der Waals surface area contributed by atoms with Crippen molar-refractivity contribution in [2.24, 2.45) is 0 Å². The van der Waals surface area contributed by atoms with Crippen LogP contribution in [0, 0.1) is 0 Å². The number of phenols is 1. The zero-order chi connectivity index (χ0) is 21.5. The molecule has 5 heteroatoms. The van der Waals surface area contributed by atoms with Crippen LogP contribution in [0.25, 0.3) is 0 Å². The third-order valence-electron chi connectivity index (χ3n) is 6.58. The van der Waals surface area contributed by atoms with E-state index in [2.05, 4.69) is 17.0 Å². The molecular formula is C26H24ClNO3. The minimum atomic E-state index is -0.407. The van der Waals surface area contributed by atoms with Crippen molar-refractivity contribution in [1.82, 2.24) is 4.90 Å². The highest BCUT2D eigenvalue weighted by Crippen LogP contribution is 2.50. The Morgan fingerprint density at radius 2 is 1.48 bits per heavy atom. The van der Waals surface area contributed by atoms with E-state index in [4.69, 9.17) is 11.6 Å². The van der Waals surface area contributed by atoms with E-state index in [1.807, 2.05) is 18.2 Å². The highest BCUT2D eigenvalue weighted by atomic mass is 35.5. The van der Waals surface area contributed by atoms with Crippen LogP contribution in [-0.4, -0.2) is 21.6 Å². The Morgan fingerprint density at radius 1 is 0.871 bits per heavy atom. The highest BCUT2D eigenvalue weighted by molar-refractivity contribution is 6.32. The number of phenolic OH excluding ortho intramolecular Hbond substituents is 1. The second-order valence-electron chi connectivity index (χ2n) is 8.49. The number of carbonyl (C=O) groups is 2. The van der Waals surface area contributed by atoms with Crippen LogP contribution < -0.4 is 0 Å². The maximum Gasteiger partial charge on any atom is 0.161 e. The Balaban J connectivity index is 1.71. The molecule has 31 heavy (non-hydrogen) atoms. The van der Waals surface area contributed by atoms with Crippen molar-refractivity contribution in [2.75, 3.05) is 0 Å². The maximum absolute atomic E-state index is 13.2. The molecule has 2 aromatic carbocycles. The van der Waals surface area contributed by atoms with Crippen LogP contribution in [0.4, 0.5) is 0 Å². The molecule has 2 aliphatic carbocycles. The van der Waals surface area contributed by atoms with Gasteiger partial charge < -0.3 is 10.0 Å². The summed E-state index contributed by atoms with van der Waals surface area (Å²) in [6.07, 6.45) is 4.28. The lowest BCUT2D eigenvalue weighted by atomic mass is 9.71. The van der Waals surface area contributed by atoms with Crippen LogP contribution in [0.2, 0.25) is 5.02 Å². The van der Waals surface area contributed by atoms with Gasteiger partial charge in [-0.2, -0.15) is 0 Å². The first-order chi connectivity index (χ1) is 15.0. The van der Waals surface area contributed by atoms with Gasteiger partial charge in [-0.1, -0.05) is 48.0 Å². The largest absolute Gasteiger partial charge is 0.506 e. The van der Waals surface area contributed by atoms with Crippen molar-refractivity contribution in [3.05, 3.63) is 87.2 Å². The molecule has 1 heterocycles. The van der Waals surface area contributed by atoms with Crippen LogP contribution >= 0.6 is 11.6 Å². The number of allylic oxidation sites excluding steroid dienone is 4. The Hall–Kier alpha value is -2.85. The predicted octanol–water partition coefficient (Wildman–Crippen LogP) is 5.66. The van der Waals surface area contributed by atoms with Gasteiger partial charge in [-0.05, 0) is 48.9 Å². The van der Waals surface area contributed by atoms with Gasteiger partial charge in [0.2, 0.25) is 0 Å². The van der Waals surface area contributed by atoms with Crippen LogP contribution in [0.15, 0.2) is 71.1 Å². The van der Waals surface area contributed by atoms with E-state index in [0.29, 0.717) is 19.4 Å². The normalized spacial score (nSPS) is 19.6. The second kappa shape index (κ2) is 8.01. The van der Waals surface area contributed by atoms with Gasteiger partial charge in [-0.25, -0.2) is 0 Å². The van der Waals surface area contributed by atoms with Gasteiger partial charge in [0.25, 0.3) is 0 Å². The number of benzene rings is 2. The van der Waals surface area contributed by atoms with Crippen molar-refractivity contribution < 1.29 is 14.7 Å². The first kappa shape index (κ1) is 20.1. The predicted molar refractivity (Wildman–Crippen MR) is 120 cm³/mol. The Kier molecular flexibility index (Phi) is 5.19. The first-order valence-corrected chi connectivity index (χ1v) is 11.2. The monoisotopic (exact) mass is 433 g/mol. The molecule has 1 N–H and O–H groups in total. The summed E-state index contributed by atoms with van der Waals surface area (Å²) >= 11 is 6.23. The van der Waals surface area contributed by atoms with E-state index in [1.165, 1.54) is 0 Å². The third-order valence-corrected chi connectivity index (χ3v) is 6.88. The molecule has 0 aromatic heterocycles. The molecule has 0 amide bonds.